The predicted octanol–water partition coefficient (Wildman–Crippen LogP) is 1.88. The summed E-state index contributed by atoms with van der Waals surface area (Å²) in [6.45, 7) is 6.56. The smallest absolute Gasteiger partial charge is 0.293 e. The molecule has 2 atom stereocenters. The molecule has 2 heterocycles. The molecule has 2 fully saturated rings. The molecule has 3 rings (SSSR count). The van der Waals surface area contributed by atoms with Crippen LogP contribution in [0.1, 0.15) is 32.4 Å². The first-order valence-electron chi connectivity index (χ1n) is 6.54. The van der Waals surface area contributed by atoms with Gasteiger partial charge in [-0.1, -0.05) is 30.3 Å². The minimum Gasteiger partial charge on any atom is -0.462 e. The summed E-state index contributed by atoms with van der Waals surface area (Å²) >= 11 is 0. The van der Waals surface area contributed by atoms with Gasteiger partial charge in [0.25, 0.3) is 12.4 Å². The second-order valence-electron chi connectivity index (χ2n) is 5.68. The molecule has 0 aliphatic carbocycles. The van der Waals surface area contributed by atoms with Crippen LogP contribution >= 0.6 is 0 Å². The second-order valence-corrected chi connectivity index (χ2v) is 5.68. The number of benzene rings is 1. The van der Waals surface area contributed by atoms with Crippen molar-refractivity contribution < 1.29 is 19.1 Å². The highest BCUT2D eigenvalue weighted by Gasteiger charge is 2.56. The first-order valence-corrected chi connectivity index (χ1v) is 6.54. The number of fused-ring (bicyclic) bond motifs is 1. The second kappa shape index (κ2) is 5.63. The molecule has 0 bridgehead atoms. The van der Waals surface area contributed by atoms with Gasteiger partial charge in [-0.15, -0.1) is 0 Å². The third kappa shape index (κ3) is 3.36. The third-order valence-electron chi connectivity index (χ3n) is 2.98. The van der Waals surface area contributed by atoms with Crippen LogP contribution in [0, 0.1) is 0 Å². The van der Waals surface area contributed by atoms with Gasteiger partial charge in [0.05, 0.1) is 12.6 Å². The van der Waals surface area contributed by atoms with Gasteiger partial charge in [0, 0.05) is 0 Å². The number of carbonyl (C=O) groups is 2. The standard InChI is InChI=1S/C10H9NO2.C5H10O2/c12-9-10-11(9)8(6-13-10)7-4-2-1-3-5-7;1-5(2,3)7-4-6/h1-5,8,10H,6H2;4H,1-3H3/t8-,10?,11?;/m0./s1. The minimum absolute atomic E-state index is 0.125. The summed E-state index contributed by atoms with van der Waals surface area (Å²) in [5.74, 6) is 0.125. The third-order valence-corrected chi connectivity index (χ3v) is 2.98. The zero-order valence-electron chi connectivity index (χ0n) is 11.9. The lowest BCUT2D eigenvalue weighted by Crippen LogP contribution is -2.17. The van der Waals surface area contributed by atoms with Crippen molar-refractivity contribution >= 4 is 12.4 Å². The Morgan fingerprint density at radius 1 is 1.30 bits per heavy atom. The van der Waals surface area contributed by atoms with E-state index in [1.54, 1.807) is 4.90 Å². The Bertz CT molecular complexity index is 480. The maximum atomic E-state index is 11.1. The number of hydrogen-bond donors (Lipinski definition) is 0. The lowest BCUT2D eigenvalue weighted by molar-refractivity contribution is -0.138. The molecule has 0 N–H and O–H groups in total. The summed E-state index contributed by atoms with van der Waals surface area (Å²) in [5.41, 5.74) is 0.845. The van der Waals surface area contributed by atoms with Gasteiger partial charge in [0.15, 0.2) is 0 Å². The van der Waals surface area contributed by atoms with Crippen molar-refractivity contribution in [2.24, 2.45) is 0 Å². The van der Waals surface area contributed by atoms with Crippen LogP contribution in [-0.2, 0) is 19.1 Å². The Balaban J connectivity index is 0.000000182. The number of amides is 1. The first-order chi connectivity index (χ1) is 9.44. The van der Waals surface area contributed by atoms with Crippen LogP contribution in [0.5, 0.6) is 0 Å². The van der Waals surface area contributed by atoms with Crippen molar-refractivity contribution in [3.05, 3.63) is 35.9 Å². The van der Waals surface area contributed by atoms with Crippen molar-refractivity contribution in [2.75, 3.05) is 6.61 Å². The van der Waals surface area contributed by atoms with Crippen LogP contribution in [-0.4, -0.2) is 35.7 Å². The van der Waals surface area contributed by atoms with E-state index in [9.17, 15) is 9.59 Å². The molecule has 1 aromatic rings. The highest BCUT2D eigenvalue weighted by molar-refractivity contribution is 5.96. The van der Waals surface area contributed by atoms with Gasteiger partial charge < -0.3 is 9.47 Å². The zero-order valence-corrected chi connectivity index (χ0v) is 11.9. The van der Waals surface area contributed by atoms with E-state index in [-0.39, 0.29) is 23.8 Å². The normalized spacial score (nSPS) is 23.6. The molecule has 0 saturated carbocycles. The average molecular weight is 277 g/mol. The summed E-state index contributed by atoms with van der Waals surface area (Å²) in [5, 5.41) is 0. The molecule has 1 aromatic carbocycles. The molecule has 2 aliphatic rings. The van der Waals surface area contributed by atoms with Gasteiger partial charge >= 0.3 is 0 Å². The van der Waals surface area contributed by atoms with Gasteiger partial charge in [-0.05, 0) is 26.3 Å². The number of hydrogen-bond acceptors (Lipinski definition) is 4. The maximum absolute atomic E-state index is 11.1. The van der Waals surface area contributed by atoms with Crippen LogP contribution in [0.25, 0.3) is 0 Å². The van der Waals surface area contributed by atoms with Gasteiger partial charge in [-0.3, -0.25) is 14.5 Å². The van der Waals surface area contributed by atoms with Gasteiger partial charge in [0.1, 0.15) is 5.60 Å². The lowest BCUT2D eigenvalue weighted by atomic mass is 10.1. The molecule has 1 amide bonds. The summed E-state index contributed by atoms with van der Waals surface area (Å²) in [6.07, 6.45) is -0.231. The Morgan fingerprint density at radius 2 is 1.95 bits per heavy atom. The quantitative estimate of drug-likeness (QED) is 0.612. The fourth-order valence-electron chi connectivity index (χ4n) is 1.98. The van der Waals surface area contributed by atoms with Crippen LogP contribution in [0.2, 0.25) is 0 Å². The Morgan fingerprint density at radius 3 is 2.35 bits per heavy atom. The number of rotatable bonds is 2. The van der Waals surface area contributed by atoms with E-state index in [4.69, 9.17) is 4.74 Å². The summed E-state index contributed by atoms with van der Waals surface area (Å²) in [6, 6.07) is 10.1. The van der Waals surface area contributed by atoms with E-state index in [0.717, 1.165) is 5.56 Å². The fraction of sp³-hybridized carbons (Fsp3) is 0.467. The van der Waals surface area contributed by atoms with E-state index < -0.39 is 0 Å². The highest BCUT2D eigenvalue weighted by Crippen LogP contribution is 2.40. The summed E-state index contributed by atoms with van der Waals surface area (Å²) in [7, 11) is 0. The molecule has 108 valence electrons. The van der Waals surface area contributed by atoms with E-state index >= 15 is 0 Å². The van der Waals surface area contributed by atoms with Crippen LogP contribution in [0.15, 0.2) is 30.3 Å². The number of carbonyl (C=O) groups excluding carboxylic acids is 2. The summed E-state index contributed by atoms with van der Waals surface area (Å²) in [4.78, 5) is 22.5. The molecule has 1 unspecified atom stereocenters. The lowest BCUT2D eigenvalue weighted by Gasteiger charge is -2.14. The Hall–Kier alpha value is -1.88. The van der Waals surface area contributed by atoms with Crippen molar-refractivity contribution in [1.82, 2.24) is 4.90 Å². The molecule has 0 aromatic heterocycles. The van der Waals surface area contributed by atoms with E-state index in [1.807, 2.05) is 51.1 Å². The van der Waals surface area contributed by atoms with Gasteiger partial charge in [0.2, 0.25) is 6.23 Å². The van der Waals surface area contributed by atoms with Crippen molar-refractivity contribution in [3.63, 3.8) is 0 Å². The highest BCUT2D eigenvalue weighted by atomic mass is 16.5. The molecular formula is C15H19NO4. The molecular weight excluding hydrogens is 258 g/mol. The zero-order chi connectivity index (χ0) is 14.8. The fourth-order valence-corrected chi connectivity index (χ4v) is 1.98. The molecule has 0 spiro atoms. The minimum atomic E-state index is -0.318. The SMILES string of the molecule is CC(C)(C)OC=O.O=C1C2OC[C@@H](c3ccccc3)N12. The van der Waals surface area contributed by atoms with Crippen LogP contribution in [0.3, 0.4) is 0 Å². The topological polar surface area (TPSA) is 55.6 Å². The molecule has 5 nitrogen and oxygen atoms in total. The predicted molar refractivity (Wildman–Crippen MR) is 72.7 cm³/mol. The van der Waals surface area contributed by atoms with Gasteiger partial charge in [-0.25, -0.2) is 0 Å². The maximum Gasteiger partial charge on any atom is 0.293 e. The summed E-state index contributed by atoms with van der Waals surface area (Å²) < 4.78 is 9.83. The van der Waals surface area contributed by atoms with E-state index in [2.05, 4.69) is 4.74 Å². The van der Waals surface area contributed by atoms with Crippen LogP contribution in [0.4, 0.5) is 0 Å². The van der Waals surface area contributed by atoms with Crippen molar-refractivity contribution in [2.45, 2.75) is 38.6 Å². The van der Waals surface area contributed by atoms with E-state index in [0.29, 0.717) is 13.1 Å². The molecule has 2 saturated heterocycles. The molecule has 0 radical (unpaired) electrons. The Labute approximate surface area is 118 Å². The monoisotopic (exact) mass is 277 g/mol. The average Bonchev–Trinajstić information content (AvgIpc) is 2.86. The van der Waals surface area contributed by atoms with Crippen molar-refractivity contribution in [3.8, 4) is 0 Å². The largest absolute Gasteiger partial charge is 0.462 e. The van der Waals surface area contributed by atoms with Crippen LogP contribution < -0.4 is 0 Å². The molecule has 2 aliphatic heterocycles. The van der Waals surface area contributed by atoms with Crippen molar-refractivity contribution in [1.29, 1.82) is 0 Å². The van der Waals surface area contributed by atoms with Gasteiger partial charge in [-0.2, -0.15) is 0 Å². The number of morpholine rings is 1. The molecule has 20 heavy (non-hydrogen) atoms. The van der Waals surface area contributed by atoms with E-state index in [1.165, 1.54) is 0 Å². The Kier molecular flexibility index (Phi) is 4.09. The first kappa shape index (κ1) is 14.5. The number of nitrogens with zero attached hydrogens (tertiary/aromatic N) is 1. The number of ether oxygens (including phenoxy) is 2. The molecule has 5 heteroatoms.